The van der Waals surface area contributed by atoms with Gasteiger partial charge in [-0.25, -0.2) is 4.79 Å². The topological polar surface area (TPSA) is 71.8 Å². The SMILES string of the molecule is CCOC(=O)c1ccc(-n2c(C)cc(C=C3C(=O)N(c4ccccc4)C(=S)N(c4ccccc4)C3=O)c2C)cc1. The molecular formula is C32H27N3O4S. The summed E-state index contributed by atoms with van der Waals surface area (Å²) in [5, 5.41) is 0.0942. The number of carbonyl (C=O) groups excluding carboxylic acids is 3. The zero-order valence-electron chi connectivity index (χ0n) is 22.3. The summed E-state index contributed by atoms with van der Waals surface area (Å²) in [5.41, 5.74) is 4.91. The van der Waals surface area contributed by atoms with E-state index in [1.807, 2.05) is 73.0 Å². The fraction of sp³-hybridized carbons (Fsp3) is 0.125. The minimum Gasteiger partial charge on any atom is -0.462 e. The Morgan fingerprint density at radius 2 is 1.32 bits per heavy atom. The van der Waals surface area contributed by atoms with Crippen molar-refractivity contribution in [1.82, 2.24) is 4.57 Å². The second-order valence-corrected chi connectivity index (χ2v) is 9.59. The van der Waals surface area contributed by atoms with Crippen LogP contribution in [0.5, 0.6) is 0 Å². The molecule has 1 aromatic heterocycles. The highest BCUT2D eigenvalue weighted by atomic mass is 32.1. The third-order valence-corrected chi connectivity index (χ3v) is 7.05. The molecule has 200 valence electrons. The molecule has 0 bridgehead atoms. The first-order valence-electron chi connectivity index (χ1n) is 12.8. The van der Waals surface area contributed by atoms with Crippen LogP contribution in [0.4, 0.5) is 11.4 Å². The van der Waals surface area contributed by atoms with Crippen LogP contribution in [0.25, 0.3) is 11.8 Å². The molecule has 0 radical (unpaired) electrons. The Morgan fingerprint density at radius 3 is 1.82 bits per heavy atom. The Bertz CT molecular complexity index is 1580. The molecule has 40 heavy (non-hydrogen) atoms. The summed E-state index contributed by atoms with van der Waals surface area (Å²) in [6.45, 7) is 5.94. The van der Waals surface area contributed by atoms with Crippen molar-refractivity contribution in [3.8, 4) is 5.69 Å². The van der Waals surface area contributed by atoms with E-state index in [2.05, 4.69) is 0 Å². The molecule has 0 aliphatic carbocycles. The predicted molar refractivity (Wildman–Crippen MR) is 160 cm³/mol. The van der Waals surface area contributed by atoms with Gasteiger partial charge in [0.25, 0.3) is 11.8 Å². The van der Waals surface area contributed by atoms with Gasteiger partial charge in [0, 0.05) is 17.1 Å². The largest absolute Gasteiger partial charge is 0.462 e. The molecule has 0 N–H and O–H groups in total. The summed E-state index contributed by atoms with van der Waals surface area (Å²) >= 11 is 5.69. The van der Waals surface area contributed by atoms with Crippen LogP contribution in [-0.2, 0) is 14.3 Å². The molecule has 1 saturated heterocycles. The number of aryl methyl sites for hydroxylation is 1. The summed E-state index contributed by atoms with van der Waals surface area (Å²) in [4.78, 5) is 42.5. The maximum Gasteiger partial charge on any atom is 0.338 e. The van der Waals surface area contributed by atoms with Crippen LogP contribution >= 0.6 is 12.2 Å². The Morgan fingerprint density at radius 1 is 0.800 bits per heavy atom. The Balaban J connectivity index is 1.58. The number of hydrogen-bond donors (Lipinski definition) is 0. The van der Waals surface area contributed by atoms with Crippen LogP contribution in [-0.4, -0.2) is 34.1 Å². The number of aromatic nitrogens is 1. The molecule has 7 nitrogen and oxygen atoms in total. The zero-order chi connectivity index (χ0) is 28.4. The molecule has 2 amide bonds. The van der Waals surface area contributed by atoms with Crippen molar-refractivity contribution in [1.29, 1.82) is 0 Å². The lowest BCUT2D eigenvalue weighted by molar-refractivity contribution is -0.120. The number of ether oxygens (including phenoxy) is 1. The Hall–Kier alpha value is -4.82. The fourth-order valence-corrected chi connectivity index (χ4v) is 5.16. The molecule has 1 fully saturated rings. The highest BCUT2D eigenvalue weighted by Gasteiger charge is 2.41. The number of para-hydroxylation sites is 2. The number of amides is 2. The lowest BCUT2D eigenvalue weighted by Crippen LogP contribution is -2.56. The monoisotopic (exact) mass is 549 g/mol. The molecule has 0 saturated carbocycles. The molecule has 5 rings (SSSR count). The van der Waals surface area contributed by atoms with Crippen LogP contribution in [0.1, 0.15) is 34.2 Å². The molecule has 1 aliphatic heterocycles. The molecule has 3 aromatic carbocycles. The summed E-state index contributed by atoms with van der Waals surface area (Å²) in [7, 11) is 0. The molecule has 0 unspecified atom stereocenters. The minimum absolute atomic E-state index is 0.000727. The maximum absolute atomic E-state index is 13.8. The number of esters is 1. The molecule has 4 aromatic rings. The van der Waals surface area contributed by atoms with Gasteiger partial charge in [0.2, 0.25) is 0 Å². The lowest BCUT2D eigenvalue weighted by Gasteiger charge is -2.36. The Labute approximate surface area is 237 Å². The van der Waals surface area contributed by atoms with Gasteiger partial charge in [-0.05, 0) is 99.2 Å². The average molecular weight is 550 g/mol. The predicted octanol–water partition coefficient (Wildman–Crippen LogP) is 6.02. The van der Waals surface area contributed by atoms with Crippen molar-refractivity contribution >= 4 is 52.6 Å². The summed E-state index contributed by atoms with van der Waals surface area (Å²) in [5.74, 6) is -1.35. The van der Waals surface area contributed by atoms with Gasteiger partial charge in [-0.2, -0.15) is 0 Å². The van der Waals surface area contributed by atoms with Crippen LogP contribution in [0, 0.1) is 13.8 Å². The van der Waals surface area contributed by atoms with Gasteiger partial charge >= 0.3 is 5.97 Å². The van der Waals surface area contributed by atoms with Gasteiger partial charge in [0.15, 0.2) is 5.11 Å². The summed E-state index contributed by atoms with van der Waals surface area (Å²) in [6.07, 6.45) is 1.63. The molecular weight excluding hydrogens is 522 g/mol. The van der Waals surface area contributed by atoms with Gasteiger partial charge in [0.05, 0.1) is 23.5 Å². The van der Waals surface area contributed by atoms with Crippen molar-refractivity contribution in [2.75, 3.05) is 16.4 Å². The average Bonchev–Trinajstić information content (AvgIpc) is 3.24. The number of carbonyl (C=O) groups is 3. The van der Waals surface area contributed by atoms with E-state index in [-0.39, 0.29) is 16.7 Å². The van der Waals surface area contributed by atoms with E-state index in [1.54, 1.807) is 49.4 Å². The first-order valence-corrected chi connectivity index (χ1v) is 13.2. The van der Waals surface area contributed by atoms with Crippen LogP contribution in [0.3, 0.4) is 0 Å². The normalized spacial score (nSPS) is 13.6. The van der Waals surface area contributed by atoms with E-state index in [0.717, 1.165) is 22.6 Å². The maximum atomic E-state index is 13.8. The first-order chi connectivity index (χ1) is 19.3. The van der Waals surface area contributed by atoms with E-state index >= 15 is 0 Å². The van der Waals surface area contributed by atoms with Crippen LogP contribution in [0.2, 0.25) is 0 Å². The number of benzene rings is 3. The van der Waals surface area contributed by atoms with Gasteiger partial charge in [-0.3, -0.25) is 19.4 Å². The van der Waals surface area contributed by atoms with E-state index in [4.69, 9.17) is 17.0 Å². The smallest absolute Gasteiger partial charge is 0.338 e. The third kappa shape index (κ3) is 4.85. The van der Waals surface area contributed by atoms with Crippen molar-refractivity contribution < 1.29 is 19.1 Å². The zero-order valence-corrected chi connectivity index (χ0v) is 23.1. The summed E-state index contributed by atoms with van der Waals surface area (Å²) in [6, 6.07) is 27.2. The Kier molecular flexibility index (Phi) is 7.44. The van der Waals surface area contributed by atoms with Crippen LogP contribution in [0.15, 0.2) is 96.6 Å². The number of thiocarbonyl (C=S) groups is 1. The van der Waals surface area contributed by atoms with Gasteiger partial charge in [-0.15, -0.1) is 0 Å². The van der Waals surface area contributed by atoms with E-state index < -0.39 is 11.8 Å². The fourth-order valence-electron chi connectivity index (χ4n) is 4.79. The van der Waals surface area contributed by atoms with Crippen molar-refractivity contribution in [2.24, 2.45) is 0 Å². The van der Waals surface area contributed by atoms with Crippen molar-refractivity contribution in [3.05, 3.63) is 119 Å². The van der Waals surface area contributed by atoms with E-state index in [1.165, 1.54) is 9.80 Å². The number of hydrogen-bond acceptors (Lipinski definition) is 5. The highest BCUT2D eigenvalue weighted by Crippen LogP contribution is 2.31. The second-order valence-electron chi connectivity index (χ2n) is 9.22. The number of nitrogens with zero attached hydrogens (tertiary/aromatic N) is 3. The molecule has 8 heteroatoms. The lowest BCUT2D eigenvalue weighted by atomic mass is 10.1. The molecule has 0 spiro atoms. The van der Waals surface area contributed by atoms with E-state index in [0.29, 0.717) is 23.5 Å². The van der Waals surface area contributed by atoms with E-state index in [9.17, 15) is 14.4 Å². The standard InChI is InChI=1S/C32H27N3O4S/c1-4-39-31(38)23-15-17-27(18-16-23)33-21(2)19-24(22(33)3)20-28-29(36)34(25-11-7-5-8-12-25)32(40)35(30(28)37)26-13-9-6-10-14-26/h5-20H,4H2,1-3H3. The van der Waals surface area contributed by atoms with Crippen LogP contribution < -0.4 is 9.80 Å². The van der Waals surface area contributed by atoms with Gasteiger partial charge < -0.3 is 9.30 Å². The molecule has 2 heterocycles. The summed E-state index contributed by atoms with van der Waals surface area (Å²) < 4.78 is 7.09. The first kappa shape index (κ1) is 26.8. The number of anilines is 2. The van der Waals surface area contributed by atoms with Gasteiger partial charge in [-0.1, -0.05) is 36.4 Å². The van der Waals surface area contributed by atoms with Crippen molar-refractivity contribution in [2.45, 2.75) is 20.8 Å². The second kappa shape index (κ2) is 11.1. The third-order valence-electron chi connectivity index (χ3n) is 6.69. The van der Waals surface area contributed by atoms with Gasteiger partial charge in [0.1, 0.15) is 5.57 Å². The minimum atomic E-state index is -0.489. The molecule has 1 aliphatic rings. The number of rotatable bonds is 6. The molecule has 0 atom stereocenters. The quantitative estimate of drug-likeness (QED) is 0.127. The van der Waals surface area contributed by atoms with Crippen molar-refractivity contribution in [3.63, 3.8) is 0 Å². The highest BCUT2D eigenvalue weighted by molar-refractivity contribution is 7.81.